The molecule has 0 atom stereocenters. The number of aromatic hydroxyl groups is 1. The van der Waals surface area contributed by atoms with E-state index in [0.717, 1.165) is 17.2 Å². The Morgan fingerprint density at radius 2 is 1.84 bits per heavy atom. The first-order valence-electron chi connectivity index (χ1n) is 8.26. The molecule has 2 heterocycles. The standard InChI is InChI=1S/C19H18O6/c20-12-2-4-14-15-5-3-13(11-17(15)25-19(21)16(14)10-12)22-9-6-18-23-7-1-8-24-18/h2-5,10-11,18,20H,1,6-9H2. The summed E-state index contributed by atoms with van der Waals surface area (Å²) >= 11 is 0. The second-order valence-electron chi connectivity index (χ2n) is 5.94. The highest BCUT2D eigenvalue weighted by Crippen LogP contribution is 2.28. The number of rotatable bonds is 4. The van der Waals surface area contributed by atoms with Crippen LogP contribution in [0.1, 0.15) is 12.8 Å². The molecule has 3 aromatic rings. The van der Waals surface area contributed by atoms with E-state index in [1.807, 2.05) is 12.1 Å². The van der Waals surface area contributed by atoms with Gasteiger partial charge in [0.1, 0.15) is 17.1 Å². The summed E-state index contributed by atoms with van der Waals surface area (Å²) in [4.78, 5) is 12.1. The Hall–Kier alpha value is -2.57. The molecule has 0 unspecified atom stereocenters. The zero-order valence-corrected chi connectivity index (χ0v) is 13.6. The lowest BCUT2D eigenvalue weighted by Gasteiger charge is -2.23. The van der Waals surface area contributed by atoms with Crippen LogP contribution in [0.2, 0.25) is 0 Å². The Bertz CT molecular complexity index is 955. The van der Waals surface area contributed by atoms with Crippen molar-refractivity contribution in [3.05, 3.63) is 46.8 Å². The van der Waals surface area contributed by atoms with E-state index < -0.39 is 5.63 Å². The fourth-order valence-electron chi connectivity index (χ4n) is 2.97. The van der Waals surface area contributed by atoms with Crippen LogP contribution in [0.3, 0.4) is 0 Å². The minimum atomic E-state index is -0.487. The molecule has 1 N–H and O–H groups in total. The summed E-state index contributed by atoms with van der Waals surface area (Å²) in [5.74, 6) is 0.649. The molecule has 0 amide bonds. The van der Waals surface area contributed by atoms with Gasteiger partial charge in [-0.1, -0.05) is 0 Å². The Morgan fingerprint density at radius 1 is 1.04 bits per heavy atom. The van der Waals surface area contributed by atoms with Gasteiger partial charge in [-0.25, -0.2) is 4.79 Å². The summed E-state index contributed by atoms with van der Waals surface area (Å²) in [6.45, 7) is 1.88. The smallest absolute Gasteiger partial charge is 0.344 e. The van der Waals surface area contributed by atoms with Gasteiger partial charge in [0.25, 0.3) is 0 Å². The van der Waals surface area contributed by atoms with E-state index in [1.54, 1.807) is 18.2 Å². The summed E-state index contributed by atoms with van der Waals surface area (Å²) in [5, 5.41) is 11.4. The van der Waals surface area contributed by atoms with Crippen molar-refractivity contribution in [3.8, 4) is 11.5 Å². The Labute approximate surface area is 143 Å². The van der Waals surface area contributed by atoms with Gasteiger partial charge in [-0.3, -0.25) is 0 Å². The van der Waals surface area contributed by atoms with Gasteiger partial charge >= 0.3 is 5.63 Å². The van der Waals surface area contributed by atoms with Crippen molar-refractivity contribution >= 4 is 21.7 Å². The van der Waals surface area contributed by atoms with Crippen LogP contribution in [0.25, 0.3) is 21.7 Å². The van der Waals surface area contributed by atoms with Gasteiger partial charge in [0.2, 0.25) is 0 Å². The van der Waals surface area contributed by atoms with Crippen LogP contribution in [0, 0.1) is 0 Å². The molecule has 1 aliphatic rings. The van der Waals surface area contributed by atoms with E-state index in [4.69, 9.17) is 18.6 Å². The van der Waals surface area contributed by atoms with Crippen molar-refractivity contribution in [2.45, 2.75) is 19.1 Å². The topological polar surface area (TPSA) is 78.1 Å². The van der Waals surface area contributed by atoms with Gasteiger partial charge in [0.15, 0.2) is 6.29 Å². The summed E-state index contributed by atoms with van der Waals surface area (Å²) in [7, 11) is 0. The predicted octanol–water partition coefficient (Wildman–Crippen LogP) is 3.18. The largest absolute Gasteiger partial charge is 0.508 e. The van der Waals surface area contributed by atoms with Crippen molar-refractivity contribution in [1.29, 1.82) is 0 Å². The first-order valence-corrected chi connectivity index (χ1v) is 8.26. The molecule has 0 radical (unpaired) electrons. The molecule has 0 aliphatic carbocycles. The molecule has 130 valence electrons. The number of phenolic OH excluding ortho intramolecular Hbond substituents is 1. The monoisotopic (exact) mass is 342 g/mol. The summed E-state index contributed by atoms with van der Waals surface area (Å²) < 4.78 is 22.1. The molecule has 1 aromatic heterocycles. The van der Waals surface area contributed by atoms with Crippen LogP contribution >= 0.6 is 0 Å². The molecule has 4 rings (SSSR count). The molecule has 2 aromatic carbocycles. The van der Waals surface area contributed by atoms with E-state index in [1.165, 1.54) is 6.07 Å². The van der Waals surface area contributed by atoms with Crippen molar-refractivity contribution in [2.24, 2.45) is 0 Å². The van der Waals surface area contributed by atoms with Crippen LogP contribution < -0.4 is 10.4 Å². The molecular formula is C19H18O6. The number of hydrogen-bond acceptors (Lipinski definition) is 6. The van der Waals surface area contributed by atoms with E-state index in [-0.39, 0.29) is 12.0 Å². The quantitative estimate of drug-likeness (QED) is 0.579. The molecule has 1 aliphatic heterocycles. The average Bonchev–Trinajstić information content (AvgIpc) is 2.63. The molecule has 25 heavy (non-hydrogen) atoms. The normalized spacial score (nSPS) is 15.7. The van der Waals surface area contributed by atoms with Crippen LogP contribution in [-0.2, 0) is 9.47 Å². The number of ether oxygens (including phenoxy) is 3. The molecule has 6 heteroatoms. The zero-order chi connectivity index (χ0) is 17.2. The molecular weight excluding hydrogens is 324 g/mol. The Morgan fingerprint density at radius 3 is 2.68 bits per heavy atom. The SMILES string of the molecule is O=c1oc2cc(OCCC3OCCCO3)ccc2c2ccc(O)cc12. The van der Waals surface area contributed by atoms with Crippen molar-refractivity contribution < 1.29 is 23.7 Å². The number of phenols is 1. The van der Waals surface area contributed by atoms with Gasteiger partial charge < -0.3 is 23.7 Å². The van der Waals surface area contributed by atoms with Crippen LogP contribution in [0.15, 0.2) is 45.6 Å². The van der Waals surface area contributed by atoms with E-state index in [0.29, 0.717) is 43.0 Å². The van der Waals surface area contributed by atoms with E-state index in [2.05, 4.69) is 0 Å². The maximum absolute atomic E-state index is 12.1. The highest BCUT2D eigenvalue weighted by molar-refractivity contribution is 6.04. The molecule has 0 saturated carbocycles. The second-order valence-corrected chi connectivity index (χ2v) is 5.94. The van der Waals surface area contributed by atoms with Gasteiger partial charge in [0, 0.05) is 23.3 Å². The lowest BCUT2D eigenvalue weighted by atomic mass is 10.1. The zero-order valence-electron chi connectivity index (χ0n) is 13.6. The van der Waals surface area contributed by atoms with Gasteiger partial charge in [-0.05, 0) is 36.8 Å². The van der Waals surface area contributed by atoms with Crippen LogP contribution in [-0.4, -0.2) is 31.2 Å². The fraction of sp³-hybridized carbons (Fsp3) is 0.316. The average molecular weight is 342 g/mol. The lowest BCUT2D eigenvalue weighted by molar-refractivity contribution is -0.183. The maximum Gasteiger partial charge on any atom is 0.344 e. The first kappa shape index (κ1) is 15.9. The van der Waals surface area contributed by atoms with Crippen molar-refractivity contribution in [3.63, 3.8) is 0 Å². The molecule has 0 spiro atoms. The third-order valence-corrected chi connectivity index (χ3v) is 4.19. The van der Waals surface area contributed by atoms with Crippen molar-refractivity contribution in [2.75, 3.05) is 19.8 Å². The summed E-state index contributed by atoms with van der Waals surface area (Å²) in [5.41, 5.74) is -0.0367. The molecule has 1 fully saturated rings. The number of fused-ring (bicyclic) bond motifs is 3. The predicted molar refractivity (Wildman–Crippen MR) is 92.1 cm³/mol. The summed E-state index contributed by atoms with van der Waals surface area (Å²) in [6, 6.07) is 10.1. The second kappa shape index (κ2) is 6.74. The molecule has 6 nitrogen and oxygen atoms in total. The third-order valence-electron chi connectivity index (χ3n) is 4.19. The Kier molecular flexibility index (Phi) is 4.29. The highest BCUT2D eigenvalue weighted by Gasteiger charge is 2.14. The van der Waals surface area contributed by atoms with Crippen LogP contribution in [0.4, 0.5) is 0 Å². The van der Waals surface area contributed by atoms with Crippen molar-refractivity contribution in [1.82, 2.24) is 0 Å². The first-order chi connectivity index (χ1) is 12.2. The van der Waals surface area contributed by atoms with Gasteiger partial charge in [-0.2, -0.15) is 0 Å². The minimum Gasteiger partial charge on any atom is -0.508 e. The third kappa shape index (κ3) is 3.31. The molecule has 1 saturated heterocycles. The van der Waals surface area contributed by atoms with E-state index in [9.17, 15) is 9.90 Å². The summed E-state index contributed by atoms with van der Waals surface area (Å²) in [6.07, 6.45) is 1.34. The lowest BCUT2D eigenvalue weighted by Crippen LogP contribution is -2.26. The number of hydrogen-bond donors (Lipinski definition) is 1. The maximum atomic E-state index is 12.1. The van der Waals surface area contributed by atoms with Gasteiger partial charge in [-0.15, -0.1) is 0 Å². The van der Waals surface area contributed by atoms with Gasteiger partial charge in [0.05, 0.1) is 25.2 Å². The highest BCUT2D eigenvalue weighted by atomic mass is 16.7. The Balaban J connectivity index is 1.56. The minimum absolute atomic E-state index is 0.0336. The van der Waals surface area contributed by atoms with E-state index >= 15 is 0 Å². The molecule has 0 bridgehead atoms. The number of benzene rings is 2. The fourth-order valence-corrected chi connectivity index (χ4v) is 2.97. The van der Waals surface area contributed by atoms with Crippen LogP contribution in [0.5, 0.6) is 11.5 Å².